The fourth-order valence-electron chi connectivity index (χ4n) is 3.09. The van der Waals surface area contributed by atoms with Crippen LogP contribution in [0.4, 0.5) is 0 Å². The van der Waals surface area contributed by atoms with Gasteiger partial charge in [-0.1, -0.05) is 24.3 Å². The van der Waals surface area contributed by atoms with E-state index in [-0.39, 0.29) is 12.3 Å². The highest BCUT2D eigenvalue weighted by Gasteiger charge is 2.31. The molecular formula is C20H21NO6. The molecule has 0 bridgehead atoms. The maximum Gasteiger partial charge on any atom is 0.305 e. The molecule has 1 aliphatic rings. The Morgan fingerprint density at radius 1 is 1.19 bits per heavy atom. The lowest BCUT2D eigenvalue weighted by atomic mass is 10.0. The molecule has 2 atom stereocenters. The van der Waals surface area contributed by atoms with Gasteiger partial charge in [0.2, 0.25) is 0 Å². The summed E-state index contributed by atoms with van der Waals surface area (Å²) in [5.74, 6) is 0.289. The Kier molecular flexibility index (Phi) is 5.49. The summed E-state index contributed by atoms with van der Waals surface area (Å²) < 4.78 is 16.2. The lowest BCUT2D eigenvalue weighted by Gasteiger charge is -2.21. The number of carbonyl (C=O) groups is 2. The summed E-state index contributed by atoms with van der Waals surface area (Å²) in [6, 6.07) is 11.8. The number of para-hydroxylation sites is 1. The highest BCUT2D eigenvalue weighted by atomic mass is 16.5. The molecule has 2 aromatic carbocycles. The minimum Gasteiger partial charge on any atom is -0.493 e. The van der Waals surface area contributed by atoms with E-state index >= 15 is 0 Å². The molecule has 0 spiro atoms. The van der Waals surface area contributed by atoms with Gasteiger partial charge >= 0.3 is 5.97 Å². The van der Waals surface area contributed by atoms with Crippen molar-refractivity contribution in [3.63, 3.8) is 0 Å². The fraction of sp³-hybridized carbons (Fsp3) is 0.300. The van der Waals surface area contributed by atoms with E-state index < -0.39 is 18.1 Å². The van der Waals surface area contributed by atoms with Crippen molar-refractivity contribution in [1.82, 2.24) is 5.32 Å². The van der Waals surface area contributed by atoms with Crippen molar-refractivity contribution in [3.8, 4) is 17.2 Å². The second-order valence-corrected chi connectivity index (χ2v) is 6.19. The number of amides is 1. The van der Waals surface area contributed by atoms with E-state index in [2.05, 4.69) is 5.32 Å². The zero-order chi connectivity index (χ0) is 19.4. The van der Waals surface area contributed by atoms with Crippen molar-refractivity contribution in [2.24, 2.45) is 0 Å². The zero-order valence-corrected chi connectivity index (χ0v) is 15.1. The van der Waals surface area contributed by atoms with Crippen molar-refractivity contribution < 1.29 is 28.9 Å². The van der Waals surface area contributed by atoms with Crippen molar-refractivity contribution in [3.05, 3.63) is 53.6 Å². The van der Waals surface area contributed by atoms with Gasteiger partial charge in [0.05, 0.1) is 26.7 Å². The molecule has 0 aromatic heterocycles. The van der Waals surface area contributed by atoms with E-state index in [9.17, 15) is 14.7 Å². The molecule has 1 heterocycles. The van der Waals surface area contributed by atoms with Gasteiger partial charge in [0, 0.05) is 6.42 Å². The number of rotatable bonds is 7. The fourth-order valence-corrected chi connectivity index (χ4v) is 3.09. The molecule has 2 aromatic rings. The predicted octanol–water partition coefficient (Wildman–Crippen LogP) is 2.34. The lowest BCUT2D eigenvalue weighted by molar-refractivity contribution is -0.138. The summed E-state index contributed by atoms with van der Waals surface area (Å²) in [5.41, 5.74) is 1.57. The van der Waals surface area contributed by atoms with Crippen molar-refractivity contribution in [1.29, 1.82) is 0 Å². The number of ether oxygens (including phenoxy) is 3. The number of fused-ring (bicyclic) bond motifs is 1. The van der Waals surface area contributed by atoms with Crippen LogP contribution in [0.15, 0.2) is 42.5 Å². The van der Waals surface area contributed by atoms with Crippen LogP contribution < -0.4 is 19.5 Å². The van der Waals surface area contributed by atoms with E-state index in [0.29, 0.717) is 29.2 Å². The first kappa shape index (κ1) is 18.6. The van der Waals surface area contributed by atoms with Crippen LogP contribution in [0.1, 0.15) is 23.6 Å². The predicted molar refractivity (Wildman–Crippen MR) is 97.2 cm³/mol. The van der Waals surface area contributed by atoms with Crippen LogP contribution in [-0.2, 0) is 16.0 Å². The molecule has 3 rings (SSSR count). The molecule has 0 saturated carbocycles. The molecule has 1 amide bonds. The summed E-state index contributed by atoms with van der Waals surface area (Å²) in [5, 5.41) is 12.0. The molecule has 0 fully saturated rings. The van der Waals surface area contributed by atoms with E-state index in [1.807, 2.05) is 24.3 Å². The maximum atomic E-state index is 12.7. The second kappa shape index (κ2) is 7.99. The Morgan fingerprint density at radius 2 is 1.93 bits per heavy atom. The highest BCUT2D eigenvalue weighted by Crippen LogP contribution is 2.32. The molecular weight excluding hydrogens is 350 g/mol. The molecule has 0 aliphatic carbocycles. The van der Waals surface area contributed by atoms with E-state index in [0.717, 1.165) is 5.56 Å². The summed E-state index contributed by atoms with van der Waals surface area (Å²) in [4.78, 5) is 24.0. The summed E-state index contributed by atoms with van der Waals surface area (Å²) >= 11 is 0. The molecule has 7 heteroatoms. The van der Waals surface area contributed by atoms with E-state index in [1.165, 1.54) is 14.2 Å². The summed E-state index contributed by atoms with van der Waals surface area (Å²) in [7, 11) is 3.01. The van der Waals surface area contributed by atoms with Crippen LogP contribution in [0.3, 0.4) is 0 Å². The smallest absolute Gasteiger partial charge is 0.305 e. The van der Waals surface area contributed by atoms with Gasteiger partial charge in [-0.2, -0.15) is 0 Å². The van der Waals surface area contributed by atoms with Crippen LogP contribution in [-0.4, -0.2) is 37.3 Å². The normalized spacial score (nSPS) is 16.0. The Balaban J connectivity index is 1.78. The third kappa shape index (κ3) is 4.13. The minimum atomic E-state index is -1.02. The number of benzene rings is 2. The standard InChI is InChI=1S/C20H21NO6/c1-25-16-8-7-12(9-17(16)26-2)14(11-19(22)23)21-20(24)18-10-13-5-3-4-6-15(13)27-18/h3-9,14,18H,10-11H2,1-2H3,(H,21,24)(H,22,23)/t14-,18+/m1/s1. The van der Waals surface area contributed by atoms with Gasteiger partial charge in [0.25, 0.3) is 5.91 Å². The van der Waals surface area contributed by atoms with Crippen molar-refractivity contribution >= 4 is 11.9 Å². The molecule has 0 unspecified atom stereocenters. The number of carbonyl (C=O) groups excluding carboxylic acids is 1. The number of carboxylic acids is 1. The topological polar surface area (TPSA) is 94.1 Å². The van der Waals surface area contributed by atoms with Crippen LogP contribution in [0, 0.1) is 0 Å². The third-order valence-corrected chi connectivity index (χ3v) is 4.44. The van der Waals surface area contributed by atoms with Gasteiger partial charge in [-0.3, -0.25) is 9.59 Å². The maximum absolute atomic E-state index is 12.7. The molecule has 142 valence electrons. The zero-order valence-electron chi connectivity index (χ0n) is 15.1. The first-order valence-electron chi connectivity index (χ1n) is 8.50. The molecule has 7 nitrogen and oxygen atoms in total. The lowest BCUT2D eigenvalue weighted by Crippen LogP contribution is -2.40. The third-order valence-electron chi connectivity index (χ3n) is 4.44. The number of carboxylic acid groups (broad SMARTS) is 1. The van der Waals surface area contributed by atoms with E-state index in [1.54, 1.807) is 18.2 Å². The number of hydrogen-bond donors (Lipinski definition) is 2. The summed E-state index contributed by atoms with van der Waals surface area (Å²) in [6.45, 7) is 0. The van der Waals surface area contributed by atoms with Crippen molar-refractivity contribution in [2.75, 3.05) is 14.2 Å². The quantitative estimate of drug-likeness (QED) is 0.776. The highest BCUT2D eigenvalue weighted by molar-refractivity contribution is 5.83. The summed E-state index contributed by atoms with van der Waals surface area (Å²) in [6.07, 6.45) is -0.493. The Morgan fingerprint density at radius 3 is 2.59 bits per heavy atom. The minimum absolute atomic E-state index is 0.263. The van der Waals surface area contributed by atoms with Gasteiger partial charge in [0.1, 0.15) is 5.75 Å². The number of nitrogens with one attached hydrogen (secondary N) is 1. The molecule has 27 heavy (non-hydrogen) atoms. The molecule has 2 N–H and O–H groups in total. The average Bonchev–Trinajstić information content (AvgIpc) is 3.11. The van der Waals surface area contributed by atoms with Crippen LogP contribution in [0.5, 0.6) is 17.2 Å². The van der Waals surface area contributed by atoms with Gasteiger partial charge in [-0.05, 0) is 29.3 Å². The van der Waals surface area contributed by atoms with Crippen LogP contribution in [0.25, 0.3) is 0 Å². The molecule has 1 aliphatic heterocycles. The van der Waals surface area contributed by atoms with Gasteiger partial charge in [-0.25, -0.2) is 0 Å². The number of aliphatic carboxylic acids is 1. The average molecular weight is 371 g/mol. The molecule has 0 saturated heterocycles. The van der Waals surface area contributed by atoms with Gasteiger partial charge in [0.15, 0.2) is 17.6 Å². The first-order valence-corrected chi connectivity index (χ1v) is 8.50. The Bertz CT molecular complexity index is 825. The number of methoxy groups -OCH3 is 2. The monoisotopic (exact) mass is 371 g/mol. The number of hydrogen-bond acceptors (Lipinski definition) is 5. The largest absolute Gasteiger partial charge is 0.493 e. The Labute approximate surface area is 156 Å². The van der Waals surface area contributed by atoms with Crippen molar-refractivity contribution in [2.45, 2.75) is 25.0 Å². The second-order valence-electron chi connectivity index (χ2n) is 6.19. The van der Waals surface area contributed by atoms with Crippen LogP contribution >= 0.6 is 0 Å². The van der Waals surface area contributed by atoms with E-state index in [4.69, 9.17) is 14.2 Å². The SMILES string of the molecule is COc1ccc([C@@H](CC(=O)O)NC(=O)[C@@H]2Cc3ccccc3O2)cc1OC. The van der Waals surface area contributed by atoms with Crippen LogP contribution in [0.2, 0.25) is 0 Å². The Hall–Kier alpha value is -3.22. The molecule has 0 radical (unpaired) electrons. The first-order chi connectivity index (χ1) is 13.0. The van der Waals surface area contributed by atoms with Gasteiger partial charge in [-0.15, -0.1) is 0 Å². The van der Waals surface area contributed by atoms with Gasteiger partial charge < -0.3 is 24.6 Å².